The summed E-state index contributed by atoms with van der Waals surface area (Å²) in [5, 5.41) is 7.56. The first-order valence-corrected chi connectivity index (χ1v) is 7.50. The molecule has 0 spiro atoms. The molecule has 1 N–H and O–H groups in total. The van der Waals surface area contributed by atoms with E-state index >= 15 is 0 Å². The molecule has 0 amide bonds. The number of carbonyl (C=O) groups is 1. The van der Waals surface area contributed by atoms with Gasteiger partial charge in [0, 0.05) is 25.5 Å². The van der Waals surface area contributed by atoms with E-state index in [1.807, 2.05) is 17.7 Å². The molecule has 116 valence electrons. The molecule has 1 saturated heterocycles. The molecule has 6 nitrogen and oxygen atoms in total. The first-order chi connectivity index (χ1) is 10.3. The number of carbonyl (C=O) groups excluding carboxylic acids is 1. The van der Waals surface area contributed by atoms with Gasteiger partial charge in [-0.25, -0.2) is 9.48 Å². The number of esters is 1. The van der Waals surface area contributed by atoms with Gasteiger partial charge in [-0.3, -0.25) is 0 Å². The van der Waals surface area contributed by atoms with Crippen LogP contribution in [0, 0.1) is 0 Å². The minimum Gasteiger partial charge on any atom is -0.463 e. The highest BCUT2D eigenvalue weighted by atomic mass is 16.5. The van der Waals surface area contributed by atoms with Crippen LogP contribution in [-0.2, 0) is 14.3 Å². The van der Waals surface area contributed by atoms with Crippen LogP contribution in [0.2, 0.25) is 0 Å². The first-order valence-electron chi connectivity index (χ1n) is 7.50. The third-order valence-corrected chi connectivity index (χ3v) is 3.52. The number of nitrogens with zero attached hydrogens (tertiary/aromatic N) is 2. The second-order valence-electron chi connectivity index (χ2n) is 4.89. The molecule has 1 fully saturated rings. The van der Waals surface area contributed by atoms with Crippen molar-refractivity contribution in [1.29, 1.82) is 0 Å². The summed E-state index contributed by atoms with van der Waals surface area (Å²) >= 11 is 0. The van der Waals surface area contributed by atoms with Gasteiger partial charge >= 0.3 is 5.97 Å². The maximum Gasteiger partial charge on any atom is 0.335 e. The van der Waals surface area contributed by atoms with Gasteiger partial charge in [0.1, 0.15) is 5.82 Å². The fourth-order valence-corrected chi connectivity index (χ4v) is 2.34. The van der Waals surface area contributed by atoms with Crippen molar-refractivity contribution >= 4 is 11.8 Å². The third-order valence-electron chi connectivity index (χ3n) is 3.52. The van der Waals surface area contributed by atoms with Crippen molar-refractivity contribution in [2.45, 2.75) is 39.2 Å². The number of rotatable bonds is 6. The van der Waals surface area contributed by atoms with Crippen molar-refractivity contribution < 1.29 is 14.3 Å². The zero-order valence-electron chi connectivity index (χ0n) is 12.7. The van der Waals surface area contributed by atoms with Gasteiger partial charge in [-0.05, 0) is 26.2 Å². The van der Waals surface area contributed by atoms with Crippen LogP contribution in [0.1, 0.15) is 39.2 Å². The van der Waals surface area contributed by atoms with E-state index in [1.165, 1.54) is 0 Å². The summed E-state index contributed by atoms with van der Waals surface area (Å²) in [6.07, 6.45) is 6.01. The molecule has 0 unspecified atom stereocenters. The molecule has 1 aliphatic heterocycles. The van der Waals surface area contributed by atoms with Crippen LogP contribution in [0.3, 0.4) is 0 Å². The zero-order chi connectivity index (χ0) is 15.1. The summed E-state index contributed by atoms with van der Waals surface area (Å²) in [4.78, 5) is 11.8. The fourth-order valence-electron chi connectivity index (χ4n) is 2.34. The van der Waals surface area contributed by atoms with Crippen LogP contribution in [0.25, 0.3) is 0 Å². The summed E-state index contributed by atoms with van der Waals surface area (Å²) in [5.74, 6) is 0.613. The van der Waals surface area contributed by atoms with Crippen molar-refractivity contribution in [1.82, 2.24) is 9.78 Å². The molecule has 0 atom stereocenters. The number of nitrogens with one attached hydrogen (secondary N) is 1. The van der Waals surface area contributed by atoms with Crippen molar-refractivity contribution in [3.63, 3.8) is 0 Å². The quantitative estimate of drug-likeness (QED) is 0.645. The fraction of sp³-hybridized carbons (Fsp3) is 0.600. The van der Waals surface area contributed by atoms with Crippen LogP contribution in [0.4, 0.5) is 5.82 Å². The average Bonchev–Trinajstić information content (AvgIpc) is 2.97. The molecular formula is C15H23N3O3. The van der Waals surface area contributed by atoms with E-state index in [0.717, 1.165) is 31.9 Å². The maximum absolute atomic E-state index is 11.8. The monoisotopic (exact) mass is 293 g/mol. The summed E-state index contributed by atoms with van der Waals surface area (Å²) < 4.78 is 12.4. The lowest BCUT2D eigenvalue weighted by molar-refractivity contribution is -0.138. The third kappa shape index (κ3) is 4.07. The van der Waals surface area contributed by atoms with Gasteiger partial charge in [-0.2, -0.15) is 5.10 Å². The van der Waals surface area contributed by atoms with Gasteiger partial charge in [0.15, 0.2) is 0 Å². The summed E-state index contributed by atoms with van der Waals surface area (Å²) in [7, 11) is 0. The van der Waals surface area contributed by atoms with Crippen LogP contribution in [0.5, 0.6) is 0 Å². The normalized spacial score (nSPS) is 16.8. The molecule has 0 radical (unpaired) electrons. The lowest BCUT2D eigenvalue weighted by Gasteiger charge is -2.24. The van der Waals surface area contributed by atoms with Crippen LogP contribution < -0.4 is 5.32 Å². The molecule has 2 rings (SSSR count). The van der Waals surface area contributed by atoms with E-state index in [4.69, 9.17) is 9.47 Å². The Kier molecular flexibility index (Phi) is 5.80. The second-order valence-corrected chi connectivity index (χ2v) is 4.89. The van der Waals surface area contributed by atoms with Crippen molar-refractivity contribution in [3.8, 4) is 0 Å². The molecule has 0 aromatic carbocycles. The number of hydrogen-bond acceptors (Lipinski definition) is 5. The molecule has 21 heavy (non-hydrogen) atoms. The van der Waals surface area contributed by atoms with Crippen LogP contribution in [0.15, 0.2) is 24.0 Å². The molecule has 1 aromatic rings. The van der Waals surface area contributed by atoms with Gasteiger partial charge in [0.05, 0.1) is 24.4 Å². The SMILES string of the molecule is CCOC(=O)/C(=C\Nc1ccnn1C1CCOCC1)CC. The number of anilines is 1. The summed E-state index contributed by atoms with van der Waals surface area (Å²) in [6.45, 7) is 5.65. The topological polar surface area (TPSA) is 65.4 Å². The molecular weight excluding hydrogens is 270 g/mol. The van der Waals surface area contributed by atoms with E-state index in [2.05, 4.69) is 10.4 Å². The average molecular weight is 293 g/mol. The zero-order valence-corrected chi connectivity index (χ0v) is 12.7. The Bertz CT molecular complexity index is 490. The largest absolute Gasteiger partial charge is 0.463 e. The van der Waals surface area contributed by atoms with Crippen molar-refractivity contribution in [2.75, 3.05) is 25.1 Å². The molecule has 2 heterocycles. The Morgan fingerprint density at radius 2 is 2.29 bits per heavy atom. The predicted molar refractivity (Wildman–Crippen MR) is 79.9 cm³/mol. The summed E-state index contributed by atoms with van der Waals surface area (Å²) in [5.41, 5.74) is 0.622. The summed E-state index contributed by atoms with van der Waals surface area (Å²) in [6, 6.07) is 2.25. The minimum absolute atomic E-state index is 0.273. The highest BCUT2D eigenvalue weighted by Crippen LogP contribution is 2.24. The number of ether oxygens (including phenoxy) is 2. The maximum atomic E-state index is 11.8. The van der Waals surface area contributed by atoms with Crippen LogP contribution in [-0.4, -0.2) is 35.6 Å². The smallest absolute Gasteiger partial charge is 0.335 e. The van der Waals surface area contributed by atoms with E-state index in [1.54, 1.807) is 19.3 Å². The van der Waals surface area contributed by atoms with Gasteiger partial charge in [0.25, 0.3) is 0 Å². The number of aromatic nitrogens is 2. The van der Waals surface area contributed by atoms with Crippen molar-refractivity contribution in [2.24, 2.45) is 0 Å². The molecule has 0 saturated carbocycles. The molecule has 1 aliphatic rings. The van der Waals surface area contributed by atoms with Crippen molar-refractivity contribution in [3.05, 3.63) is 24.0 Å². The lowest BCUT2D eigenvalue weighted by Crippen LogP contribution is -2.21. The minimum atomic E-state index is -0.273. The van der Waals surface area contributed by atoms with Gasteiger partial charge in [-0.15, -0.1) is 0 Å². The van der Waals surface area contributed by atoms with E-state index < -0.39 is 0 Å². The Hall–Kier alpha value is -1.82. The first kappa shape index (κ1) is 15.6. The standard InChI is InChI=1S/C15H23N3O3/c1-3-12(15(19)21-4-2)11-16-14-5-8-17-18(14)13-6-9-20-10-7-13/h5,8,11,13,16H,3-4,6-7,9-10H2,1-2H3/b12-11-. The molecule has 1 aromatic heterocycles. The Balaban J connectivity index is 2.05. The van der Waals surface area contributed by atoms with E-state index in [9.17, 15) is 4.79 Å². The van der Waals surface area contributed by atoms with Crippen LogP contribution >= 0.6 is 0 Å². The highest BCUT2D eigenvalue weighted by Gasteiger charge is 2.18. The Labute approximate surface area is 125 Å². The molecule has 0 bridgehead atoms. The molecule has 6 heteroatoms. The van der Waals surface area contributed by atoms with Gasteiger partial charge < -0.3 is 14.8 Å². The molecule has 0 aliphatic carbocycles. The van der Waals surface area contributed by atoms with Gasteiger partial charge in [-0.1, -0.05) is 6.92 Å². The highest BCUT2D eigenvalue weighted by molar-refractivity contribution is 5.88. The Morgan fingerprint density at radius 3 is 2.95 bits per heavy atom. The van der Waals surface area contributed by atoms with Gasteiger partial charge in [0.2, 0.25) is 0 Å². The second kappa shape index (κ2) is 7.83. The van der Waals surface area contributed by atoms with E-state index in [0.29, 0.717) is 24.6 Å². The predicted octanol–water partition coefficient (Wildman–Crippen LogP) is 2.50. The Morgan fingerprint density at radius 1 is 1.52 bits per heavy atom. The number of hydrogen-bond donors (Lipinski definition) is 1. The van der Waals surface area contributed by atoms with E-state index in [-0.39, 0.29) is 5.97 Å². The lowest BCUT2D eigenvalue weighted by atomic mass is 10.1.